The SMILES string of the molecule is CN=C(NCCc1c(C)noc1C)NCc1ccccc1OC. The average molecular weight is 316 g/mol. The van der Waals surface area contributed by atoms with Crippen LogP contribution in [-0.4, -0.2) is 31.8 Å². The second kappa shape index (κ2) is 8.22. The van der Waals surface area contributed by atoms with Gasteiger partial charge < -0.3 is 19.9 Å². The molecule has 0 aliphatic rings. The van der Waals surface area contributed by atoms with E-state index in [9.17, 15) is 0 Å². The van der Waals surface area contributed by atoms with E-state index >= 15 is 0 Å². The van der Waals surface area contributed by atoms with Gasteiger partial charge in [-0.05, 0) is 26.3 Å². The Morgan fingerprint density at radius 1 is 1.26 bits per heavy atom. The number of para-hydroxylation sites is 1. The van der Waals surface area contributed by atoms with Crippen molar-refractivity contribution in [2.45, 2.75) is 26.8 Å². The van der Waals surface area contributed by atoms with Gasteiger partial charge in [0.25, 0.3) is 0 Å². The molecule has 6 nitrogen and oxygen atoms in total. The van der Waals surface area contributed by atoms with E-state index in [0.717, 1.165) is 47.3 Å². The molecule has 1 aromatic heterocycles. The maximum Gasteiger partial charge on any atom is 0.191 e. The highest BCUT2D eigenvalue weighted by molar-refractivity contribution is 5.79. The molecule has 6 heteroatoms. The van der Waals surface area contributed by atoms with Gasteiger partial charge in [0.2, 0.25) is 0 Å². The number of ether oxygens (including phenoxy) is 1. The fourth-order valence-corrected chi connectivity index (χ4v) is 2.41. The van der Waals surface area contributed by atoms with Gasteiger partial charge in [-0.3, -0.25) is 4.99 Å². The summed E-state index contributed by atoms with van der Waals surface area (Å²) in [7, 11) is 3.43. The number of aromatic nitrogens is 1. The Hall–Kier alpha value is -2.50. The molecule has 0 bridgehead atoms. The highest BCUT2D eigenvalue weighted by Crippen LogP contribution is 2.16. The molecule has 2 rings (SSSR count). The normalized spacial score (nSPS) is 11.4. The van der Waals surface area contributed by atoms with E-state index in [2.05, 4.69) is 20.8 Å². The Kier molecular flexibility index (Phi) is 6.02. The molecule has 0 aliphatic carbocycles. The second-order valence-corrected chi connectivity index (χ2v) is 5.22. The number of benzene rings is 1. The fraction of sp³-hybridized carbons (Fsp3) is 0.412. The molecule has 0 aliphatic heterocycles. The zero-order chi connectivity index (χ0) is 16.7. The maximum atomic E-state index is 5.35. The lowest BCUT2D eigenvalue weighted by Gasteiger charge is -2.13. The monoisotopic (exact) mass is 316 g/mol. The standard InChI is InChI=1S/C17H24N4O2/c1-12-15(13(2)23-21-12)9-10-19-17(18-3)20-11-14-7-5-6-8-16(14)22-4/h5-8H,9-11H2,1-4H3,(H2,18,19,20). The molecule has 1 heterocycles. The molecule has 0 spiro atoms. The van der Waals surface area contributed by atoms with Gasteiger partial charge >= 0.3 is 0 Å². The van der Waals surface area contributed by atoms with Crippen LogP contribution in [0, 0.1) is 13.8 Å². The van der Waals surface area contributed by atoms with Crippen LogP contribution >= 0.6 is 0 Å². The van der Waals surface area contributed by atoms with Crippen LogP contribution in [-0.2, 0) is 13.0 Å². The average Bonchev–Trinajstić information content (AvgIpc) is 2.89. The quantitative estimate of drug-likeness (QED) is 0.631. The molecule has 124 valence electrons. The van der Waals surface area contributed by atoms with Crippen LogP contribution < -0.4 is 15.4 Å². The minimum Gasteiger partial charge on any atom is -0.496 e. The predicted octanol–water partition coefficient (Wildman–Crippen LogP) is 2.21. The third-order valence-corrected chi connectivity index (χ3v) is 3.71. The van der Waals surface area contributed by atoms with Crippen molar-refractivity contribution in [1.82, 2.24) is 15.8 Å². The number of aryl methyl sites for hydroxylation is 2. The first-order chi connectivity index (χ1) is 11.2. The lowest BCUT2D eigenvalue weighted by atomic mass is 10.1. The fourth-order valence-electron chi connectivity index (χ4n) is 2.41. The molecular weight excluding hydrogens is 292 g/mol. The van der Waals surface area contributed by atoms with Crippen molar-refractivity contribution < 1.29 is 9.26 Å². The maximum absolute atomic E-state index is 5.35. The van der Waals surface area contributed by atoms with Crippen LogP contribution in [0.5, 0.6) is 5.75 Å². The van der Waals surface area contributed by atoms with Crippen molar-refractivity contribution in [2.24, 2.45) is 4.99 Å². The predicted molar refractivity (Wildman–Crippen MR) is 90.9 cm³/mol. The Labute approximate surface area is 136 Å². The third kappa shape index (κ3) is 4.48. The van der Waals surface area contributed by atoms with Crippen molar-refractivity contribution in [3.05, 3.63) is 46.8 Å². The van der Waals surface area contributed by atoms with E-state index in [0.29, 0.717) is 6.54 Å². The van der Waals surface area contributed by atoms with Crippen LogP contribution in [0.4, 0.5) is 0 Å². The Balaban J connectivity index is 1.84. The van der Waals surface area contributed by atoms with Gasteiger partial charge in [-0.25, -0.2) is 0 Å². The van der Waals surface area contributed by atoms with E-state index in [1.807, 2.05) is 38.1 Å². The van der Waals surface area contributed by atoms with Crippen molar-refractivity contribution in [3.8, 4) is 5.75 Å². The van der Waals surface area contributed by atoms with Crippen molar-refractivity contribution >= 4 is 5.96 Å². The summed E-state index contributed by atoms with van der Waals surface area (Å²) >= 11 is 0. The minimum atomic E-state index is 0.648. The van der Waals surface area contributed by atoms with E-state index in [-0.39, 0.29) is 0 Å². The summed E-state index contributed by atoms with van der Waals surface area (Å²) in [6.07, 6.45) is 0.844. The molecule has 0 saturated carbocycles. The van der Waals surface area contributed by atoms with E-state index < -0.39 is 0 Å². The Morgan fingerprint density at radius 3 is 2.70 bits per heavy atom. The van der Waals surface area contributed by atoms with Gasteiger partial charge in [-0.1, -0.05) is 23.4 Å². The summed E-state index contributed by atoms with van der Waals surface area (Å²) in [4.78, 5) is 4.24. The summed E-state index contributed by atoms with van der Waals surface area (Å²) < 4.78 is 10.5. The summed E-state index contributed by atoms with van der Waals surface area (Å²) in [5.74, 6) is 2.50. The van der Waals surface area contributed by atoms with Gasteiger partial charge in [0.15, 0.2) is 5.96 Å². The van der Waals surface area contributed by atoms with Gasteiger partial charge in [-0.2, -0.15) is 0 Å². The lowest BCUT2D eigenvalue weighted by molar-refractivity contribution is 0.392. The zero-order valence-corrected chi connectivity index (χ0v) is 14.1. The van der Waals surface area contributed by atoms with Crippen molar-refractivity contribution in [2.75, 3.05) is 20.7 Å². The highest BCUT2D eigenvalue weighted by Gasteiger charge is 2.09. The van der Waals surface area contributed by atoms with Crippen molar-refractivity contribution in [1.29, 1.82) is 0 Å². The molecule has 0 saturated heterocycles. The molecule has 0 fully saturated rings. The molecular formula is C17H24N4O2. The van der Waals surface area contributed by atoms with Crippen LogP contribution in [0.15, 0.2) is 33.8 Å². The number of rotatable bonds is 6. The number of hydrogen-bond donors (Lipinski definition) is 2. The topological polar surface area (TPSA) is 71.7 Å². The smallest absolute Gasteiger partial charge is 0.191 e. The van der Waals surface area contributed by atoms with Crippen molar-refractivity contribution in [3.63, 3.8) is 0 Å². The summed E-state index contributed by atoms with van der Waals surface area (Å²) in [5.41, 5.74) is 3.18. The van der Waals surface area contributed by atoms with Crippen LogP contribution in [0.1, 0.15) is 22.6 Å². The molecule has 23 heavy (non-hydrogen) atoms. The third-order valence-electron chi connectivity index (χ3n) is 3.71. The molecule has 2 N–H and O–H groups in total. The number of aliphatic imine (C=N–C) groups is 1. The first-order valence-corrected chi connectivity index (χ1v) is 7.64. The molecule has 1 aromatic carbocycles. The van der Waals surface area contributed by atoms with E-state index in [1.165, 1.54) is 0 Å². The Bertz CT molecular complexity index is 645. The van der Waals surface area contributed by atoms with Gasteiger partial charge in [0.05, 0.1) is 12.8 Å². The van der Waals surface area contributed by atoms with E-state index in [1.54, 1.807) is 14.2 Å². The van der Waals surface area contributed by atoms with Crippen LogP contribution in [0.3, 0.4) is 0 Å². The zero-order valence-electron chi connectivity index (χ0n) is 14.1. The Morgan fingerprint density at radius 2 is 2.04 bits per heavy atom. The first kappa shape index (κ1) is 16.9. The molecule has 2 aromatic rings. The molecule has 0 atom stereocenters. The number of nitrogens with one attached hydrogen (secondary N) is 2. The number of guanidine groups is 1. The first-order valence-electron chi connectivity index (χ1n) is 7.64. The van der Waals surface area contributed by atoms with Gasteiger partial charge in [0, 0.05) is 31.3 Å². The largest absolute Gasteiger partial charge is 0.496 e. The minimum absolute atomic E-state index is 0.648. The number of hydrogen-bond acceptors (Lipinski definition) is 4. The number of nitrogens with zero attached hydrogens (tertiary/aromatic N) is 2. The molecule has 0 unspecified atom stereocenters. The summed E-state index contributed by atoms with van der Waals surface area (Å²) in [5, 5.41) is 10.6. The van der Waals surface area contributed by atoms with E-state index in [4.69, 9.17) is 9.26 Å². The van der Waals surface area contributed by atoms with Crippen LogP contribution in [0.25, 0.3) is 0 Å². The van der Waals surface area contributed by atoms with Gasteiger partial charge in [-0.15, -0.1) is 0 Å². The summed E-state index contributed by atoms with van der Waals surface area (Å²) in [6, 6.07) is 7.93. The van der Waals surface area contributed by atoms with Crippen LogP contribution in [0.2, 0.25) is 0 Å². The second-order valence-electron chi connectivity index (χ2n) is 5.22. The number of methoxy groups -OCH3 is 1. The highest BCUT2D eigenvalue weighted by atomic mass is 16.5. The molecule has 0 radical (unpaired) electrons. The lowest BCUT2D eigenvalue weighted by Crippen LogP contribution is -2.38. The molecule has 0 amide bonds. The van der Waals surface area contributed by atoms with Gasteiger partial charge in [0.1, 0.15) is 11.5 Å². The summed E-state index contributed by atoms with van der Waals surface area (Å²) in [6.45, 7) is 5.30.